The van der Waals surface area contributed by atoms with E-state index in [1.807, 2.05) is 0 Å². The summed E-state index contributed by atoms with van der Waals surface area (Å²) in [7, 11) is 0. The van der Waals surface area contributed by atoms with Crippen molar-refractivity contribution in [3.63, 3.8) is 0 Å². The fraction of sp³-hybridized carbons (Fsp3) is 0.533. The average molecular weight is 298 g/mol. The molecule has 1 saturated carbocycles. The van der Waals surface area contributed by atoms with Crippen molar-refractivity contribution in [1.29, 1.82) is 0 Å². The molecule has 0 aromatic heterocycles. The molecule has 0 atom stereocenters. The van der Waals surface area contributed by atoms with Gasteiger partial charge in [0.25, 0.3) is 6.43 Å². The molecule has 1 fully saturated rings. The van der Waals surface area contributed by atoms with Crippen LogP contribution in [0.4, 0.5) is 8.78 Å². The number of fused-ring (bicyclic) bond motifs is 1. The van der Waals surface area contributed by atoms with Gasteiger partial charge in [-0.2, -0.15) is 0 Å². The molecule has 0 spiro atoms. The summed E-state index contributed by atoms with van der Waals surface area (Å²) in [6, 6.07) is 2.67. The van der Waals surface area contributed by atoms with Crippen LogP contribution in [0.25, 0.3) is 0 Å². The molecule has 1 heterocycles. The molecular weight excluding hydrogens is 282 g/mol. The van der Waals surface area contributed by atoms with E-state index >= 15 is 0 Å². The minimum atomic E-state index is -2.74. The maximum absolute atomic E-state index is 13.4. The molecule has 3 rings (SSSR count). The van der Waals surface area contributed by atoms with E-state index in [0.29, 0.717) is 31.8 Å². The average Bonchev–Trinajstić information content (AvgIpc) is 2.96. The van der Waals surface area contributed by atoms with Crippen LogP contribution in [0.5, 0.6) is 11.5 Å². The van der Waals surface area contributed by atoms with Gasteiger partial charge in [0.05, 0.1) is 5.41 Å². The van der Waals surface area contributed by atoms with Crippen molar-refractivity contribution in [2.75, 3.05) is 13.2 Å². The Morgan fingerprint density at radius 3 is 2.24 bits per heavy atom. The van der Waals surface area contributed by atoms with Gasteiger partial charge in [-0.15, -0.1) is 0 Å². The zero-order chi connectivity index (χ0) is 15.0. The van der Waals surface area contributed by atoms with Crippen LogP contribution in [0, 0.1) is 0 Å². The Morgan fingerprint density at radius 1 is 1.14 bits per heavy atom. The molecule has 0 unspecified atom stereocenters. The van der Waals surface area contributed by atoms with Crippen molar-refractivity contribution in [1.82, 2.24) is 0 Å². The third-order valence-corrected chi connectivity index (χ3v) is 4.33. The second-order valence-corrected chi connectivity index (χ2v) is 5.48. The highest BCUT2D eigenvalue weighted by molar-refractivity contribution is 5.83. The second kappa shape index (κ2) is 5.16. The fourth-order valence-corrected chi connectivity index (χ4v) is 3.28. The van der Waals surface area contributed by atoms with Gasteiger partial charge in [0.2, 0.25) is 0 Å². The van der Waals surface area contributed by atoms with Crippen LogP contribution in [-0.4, -0.2) is 24.3 Å². The highest BCUT2D eigenvalue weighted by atomic mass is 19.3. The number of alkyl halides is 2. The summed E-state index contributed by atoms with van der Waals surface area (Å²) in [5, 5.41) is 9.61. The number of halogens is 2. The molecule has 2 aliphatic rings. The fourth-order valence-electron chi connectivity index (χ4n) is 3.28. The van der Waals surface area contributed by atoms with Gasteiger partial charge in [-0.05, 0) is 30.5 Å². The molecule has 1 aliphatic carbocycles. The minimum Gasteiger partial charge on any atom is -0.486 e. The van der Waals surface area contributed by atoms with E-state index in [2.05, 4.69) is 0 Å². The number of carboxylic acid groups (broad SMARTS) is 1. The summed E-state index contributed by atoms with van der Waals surface area (Å²) >= 11 is 0. The third-order valence-electron chi connectivity index (χ3n) is 4.33. The summed E-state index contributed by atoms with van der Waals surface area (Å²) in [6.45, 7) is 0.639. The van der Waals surface area contributed by atoms with Gasteiger partial charge in [-0.1, -0.05) is 12.8 Å². The minimum absolute atomic E-state index is 0.173. The van der Waals surface area contributed by atoms with E-state index in [-0.39, 0.29) is 16.9 Å². The van der Waals surface area contributed by atoms with Gasteiger partial charge in [-0.3, -0.25) is 4.79 Å². The Bertz CT molecular complexity index is 565. The molecule has 1 aromatic rings. The van der Waals surface area contributed by atoms with Crippen LogP contribution in [-0.2, 0) is 10.2 Å². The first kappa shape index (κ1) is 14.1. The lowest BCUT2D eigenvalue weighted by atomic mass is 9.76. The number of carboxylic acids is 1. The lowest BCUT2D eigenvalue weighted by Gasteiger charge is -2.29. The first-order valence-corrected chi connectivity index (χ1v) is 7.00. The molecule has 0 saturated heterocycles. The van der Waals surface area contributed by atoms with Gasteiger partial charge < -0.3 is 14.6 Å². The largest absolute Gasteiger partial charge is 0.486 e. The van der Waals surface area contributed by atoms with Crippen molar-refractivity contribution >= 4 is 5.97 Å². The molecule has 114 valence electrons. The highest BCUT2D eigenvalue weighted by Gasteiger charge is 2.46. The van der Waals surface area contributed by atoms with E-state index in [1.54, 1.807) is 0 Å². The topological polar surface area (TPSA) is 55.8 Å². The molecule has 21 heavy (non-hydrogen) atoms. The number of hydrogen-bond acceptors (Lipinski definition) is 3. The number of hydrogen-bond donors (Lipinski definition) is 1. The van der Waals surface area contributed by atoms with Crippen LogP contribution in [0.3, 0.4) is 0 Å². The number of benzene rings is 1. The van der Waals surface area contributed by atoms with E-state index in [1.165, 1.54) is 12.1 Å². The zero-order valence-corrected chi connectivity index (χ0v) is 11.4. The van der Waals surface area contributed by atoms with Crippen molar-refractivity contribution in [2.24, 2.45) is 0 Å². The molecule has 4 nitrogen and oxygen atoms in total. The summed E-state index contributed by atoms with van der Waals surface area (Å²) in [5.74, 6) is -0.425. The summed E-state index contributed by atoms with van der Waals surface area (Å²) < 4.78 is 37.5. The standard InChI is InChI=1S/C15H16F2O4/c16-13(17)9-7-11-12(21-6-5-20-11)8-10(9)15(14(18)19)3-1-2-4-15/h7-8,13H,1-6H2,(H,18,19). The Kier molecular flexibility index (Phi) is 3.47. The maximum Gasteiger partial charge on any atom is 0.314 e. The van der Waals surface area contributed by atoms with Crippen molar-refractivity contribution in [3.05, 3.63) is 23.3 Å². The maximum atomic E-state index is 13.4. The molecule has 1 aliphatic heterocycles. The first-order chi connectivity index (χ1) is 10.0. The number of aliphatic carboxylic acids is 1. The van der Waals surface area contributed by atoms with Crippen molar-refractivity contribution in [3.8, 4) is 11.5 Å². The molecule has 6 heteroatoms. The highest BCUT2D eigenvalue weighted by Crippen LogP contribution is 2.48. The molecule has 0 radical (unpaired) electrons. The third kappa shape index (κ3) is 2.22. The van der Waals surface area contributed by atoms with Crippen molar-refractivity contribution < 1.29 is 28.2 Å². The molecule has 0 bridgehead atoms. The second-order valence-electron chi connectivity index (χ2n) is 5.48. The number of rotatable bonds is 3. The van der Waals surface area contributed by atoms with E-state index in [9.17, 15) is 18.7 Å². The van der Waals surface area contributed by atoms with Gasteiger partial charge in [-0.25, -0.2) is 8.78 Å². The quantitative estimate of drug-likeness (QED) is 0.930. The van der Waals surface area contributed by atoms with Crippen LogP contribution in [0.1, 0.15) is 43.2 Å². The Morgan fingerprint density at radius 2 is 1.71 bits per heavy atom. The van der Waals surface area contributed by atoms with Crippen LogP contribution < -0.4 is 9.47 Å². The monoisotopic (exact) mass is 298 g/mol. The Balaban J connectivity index is 2.17. The number of carbonyl (C=O) groups is 1. The summed E-state index contributed by atoms with van der Waals surface area (Å²) in [5.41, 5.74) is -1.32. The molecular formula is C15H16F2O4. The van der Waals surface area contributed by atoms with E-state index in [0.717, 1.165) is 12.8 Å². The van der Waals surface area contributed by atoms with E-state index < -0.39 is 17.8 Å². The Hall–Kier alpha value is -1.85. The van der Waals surface area contributed by atoms with Gasteiger partial charge >= 0.3 is 5.97 Å². The predicted octanol–water partition coefficient (Wildman–Crippen LogP) is 3.29. The summed E-state index contributed by atoms with van der Waals surface area (Å²) in [4.78, 5) is 11.7. The van der Waals surface area contributed by atoms with E-state index in [4.69, 9.17) is 9.47 Å². The van der Waals surface area contributed by atoms with Crippen LogP contribution in [0.15, 0.2) is 12.1 Å². The Labute approximate surface area is 120 Å². The molecule has 0 amide bonds. The van der Waals surface area contributed by atoms with Gasteiger partial charge in [0.1, 0.15) is 13.2 Å². The zero-order valence-electron chi connectivity index (χ0n) is 11.4. The van der Waals surface area contributed by atoms with Gasteiger partial charge in [0, 0.05) is 5.56 Å². The summed E-state index contributed by atoms with van der Waals surface area (Å²) in [6.07, 6.45) is -0.538. The molecule has 1 N–H and O–H groups in total. The normalized spacial score (nSPS) is 19.8. The lowest BCUT2D eigenvalue weighted by molar-refractivity contribution is -0.143. The lowest BCUT2D eigenvalue weighted by Crippen LogP contribution is -2.34. The number of ether oxygens (including phenoxy) is 2. The SMILES string of the molecule is O=C(O)C1(c2cc3c(cc2C(F)F)OCCO3)CCCC1. The van der Waals surface area contributed by atoms with Gasteiger partial charge in [0.15, 0.2) is 11.5 Å². The first-order valence-electron chi connectivity index (χ1n) is 7.00. The molecule has 1 aromatic carbocycles. The van der Waals surface area contributed by atoms with Crippen molar-refractivity contribution in [2.45, 2.75) is 37.5 Å². The van der Waals surface area contributed by atoms with Crippen LogP contribution in [0.2, 0.25) is 0 Å². The smallest absolute Gasteiger partial charge is 0.314 e. The van der Waals surface area contributed by atoms with Crippen LogP contribution >= 0.6 is 0 Å². The predicted molar refractivity (Wildman–Crippen MR) is 70.2 cm³/mol.